The van der Waals surface area contributed by atoms with E-state index in [1.54, 1.807) is 11.3 Å². The lowest BCUT2D eigenvalue weighted by Gasteiger charge is -2.34. The van der Waals surface area contributed by atoms with Crippen LogP contribution >= 0.6 is 22.9 Å². The smallest absolute Gasteiger partial charge is 0.148 e. The Hall–Kier alpha value is -1.14. The van der Waals surface area contributed by atoms with Crippen LogP contribution in [0, 0.1) is 6.92 Å². The highest BCUT2D eigenvalue weighted by Crippen LogP contribution is 2.41. The molecule has 2 N–H and O–H groups in total. The Labute approximate surface area is 121 Å². The van der Waals surface area contributed by atoms with Gasteiger partial charge >= 0.3 is 0 Å². The van der Waals surface area contributed by atoms with E-state index in [2.05, 4.69) is 26.6 Å². The van der Waals surface area contributed by atoms with Gasteiger partial charge in [0.15, 0.2) is 0 Å². The van der Waals surface area contributed by atoms with Crippen LogP contribution in [0.25, 0.3) is 11.3 Å². The van der Waals surface area contributed by atoms with Gasteiger partial charge in [0, 0.05) is 18.0 Å². The first-order valence-electron chi connectivity index (χ1n) is 6.61. The van der Waals surface area contributed by atoms with Gasteiger partial charge in [-0.1, -0.05) is 0 Å². The molecule has 0 aromatic carbocycles. The van der Waals surface area contributed by atoms with Gasteiger partial charge in [0.05, 0.1) is 16.3 Å². The number of nitrogens with two attached hydrogens (primary N) is 1. The van der Waals surface area contributed by atoms with Crippen molar-refractivity contribution in [1.29, 1.82) is 0 Å². The fourth-order valence-corrected chi connectivity index (χ4v) is 4.16. The Morgan fingerprint density at radius 3 is 2.95 bits per heavy atom. The second kappa shape index (κ2) is 5.09. The maximum atomic E-state index is 6.07. The first kappa shape index (κ1) is 12.9. The SMILES string of the molecule is Cc1nc(-c2c(N)nsc2N2CCCCC2C)cs1. The van der Waals surface area contributed by atoms with Crippen molar-refractivity contribution in [3.8, 4) is 11.3 Å². The van der Waals surface area contributed by atoms with Crippen LogP contribution in [0.4, 0.5) is 10.8 Å². The molecule has 6 heteroatoms. The van der Waals surface area contributed by atoms with Gasteiger partial charge in [-0.3, -0.25) is 0 Å². The predicted octanol–water partition coefficient (Wildman–Crippen LogP) is 3.54. The van der Waals surface area contributed by atoms with Gasteiger partial charge in [-0.2, -0.15) is 4.37 Å². The number of rotatable bonds is 2. The summed E-state index contributed by atoms with van der Waals surface area (Å²) >= 11 is 3.17. The lowest BCUT2D eigenvalue weighted by atomic mass is 10.0. The molecule has 4 nitrogen and oxygen atoms in total. The lowest BCUT2D eigenvalue weighted by molar-refractivity contribution is 0.487. The molecular formula is C13H18N4S2. The van der Waals surface area contributed by atoms with Crippen molar-refractivity contribution < 1.29 is 0 Å². The van der Waals surface area contributed by atoms with Crippen LogP contribution in [0.3, 0.4) is 0 Å². The highest BCUT2D eigenvalue weighted by molar-refractivity contribution is 7.11. The molecule has 0 amide bonds. The molecule has 1 saturated heterocycles. The lowest BCUT2D eigenvalue weighted by Crippen LogP contribution is -2.37. The van der Waals surface area contributed by atoms with E-state index in [4.69, 9.17) is 5.73 Å². The third kappa shape index (κ3) is 2.34. The molecule has 102 valence electrons. The third-order valence-corrected chi connectivity index (χ3v) is 5.31. The van der Waals surface area contributed by atoms with Gasteiger partial charge in [-0.05, 0) is 44.6 Å². The number of aryl methyl sites for hydroxylation is 1. The van der Waals surface area contributed by atoms with Crippen LogP contribution < -0.4 is 10.6 Å². The molecule has 0 spiro atoms. The summed E-state index contributed by atoms with van der Waals surface area (Å²) in [7, 11) is 0. The van der Waals surface area contributed by atoms with Gasteiger partial charge in [0.1, 0.15) is 10.8 Å². The van der Waals surface area contributed by atoms with Crippen molar-refractivity contribution in [3.63, 3.8) is 0 Å². The number of hydrogen-bond donors (Lipinski definition) is 1. The van der Waals surface area contributed by atoms with E-state index in [1.165, 1.54) is 35.8 Å². The Morgan fingerprint density at radius 2 is 2.26 bits per heavy atom. The Bertz CT molecular complexity index is 575. The first-order chi connectivity index (χ1) is 9.16. The second-order valence-corrected chi connectivity index (χ2v) is 6.85. The van der Waals surface area contributed by atoms with E-state index in [9.17, 15) is 0 Å². The summed E-state index contributed by atoms with van der Waals surface area (Å²) in [6.45, 7) is 5.40. The largest absolute Gasteiger partial charge is 0.382 e. The number of nitrogens with zero attached hydrogens (tertiary/aromatic N) is 3. The summed E-state index contributed by atoms with van der Waals surface area (Å²) in [4.78, 5) is 7.02. The van der Waals surface area contributed by atoms with E-state index in [-0.39, 0.29) is 0 Å². The van der Waals surface area contributed by atoms with Crippen molar-refractivity contribution in [3.05, 3.63) is 10.4 Å². The minimum absolute atomic E-state index is 0.562. The molecule has 2 aromatic rings. The van der Waals surface area contributed by atoms with Crippen molar-refractivity contribution in [2.75, 3.05) is 17.2 Å². The standard InChI is InChI=1S/C13H18N4S2/c1-8-5-3-4-6-17(8)13-11(12(14)16-19-13)10-7-18-9(2)15-10/h7-8H,3-6H2,1-2H3,(H2,14,16). The second-order valence-electron chi connectivity index (χ2n) is 5.04. The first-order valence-corrected chi connectivity index (χ1v) is 8.26. The van der Waals surface area contributed by atoms with Gasteiger partial charge in [-0.25, -0.2) is 4.98 Å². The molecule has 1 aliphatic heterocycles. The van der Waals surface area contributed by atoms with Crippen LogP contribution in [0.5, 0.6) is 0 Å². The summed E-state index contributed by atoms with van der Waals surface area (Å²) in [6, 6.07) is 0.562. The molecule has 0 bridgehead atoms. The fraction of sp³-hybridized carbons (Fsp3) is 0.538. The average molecular weight is 294 g/mol. The molecule has 1 aliphatic rings. The average Bonchev–Trinajstić information content (AvgIpc) is 2.96. The molecule has 3 heterocycles. The van der Waals surface area contributed by atoms with E-state index < -0.39 is 0 Å². The van der Waals surface area contributed by atoms with Crippen LogP contribution in [-0.4, -0.2) is 21.9 Å². The highest BCUT2D eigenvalue weighted by Gasteiger charge is 2.26. The Morgan fingerprint density at radius 1 is 1.42 bits per heavy atom. The summed E-state index contributed by atoms with van der Waals surface area (Å²) in [5.74, 6) is 0.614. The molecule has 1 unspecified atom stereocenters. The molecule has 3 rings (SSSR count). The maximum Gasteiger partial charge on any atom is 0.148 e. The zero-order valence-corrected chi connectivity index (χ0v) is 12.9. The minimum atomic E-state index is 0.562. The highest BCUT2D eigenvalue weighted by atomic mass is 32.1. The number of aromatic nitrogens is 2. The minimum Gasteiger partial charge on any atom is -0.382 e. The van der Waals surface area contributed by atoms with E-state index in [0.717, 1.165) is 22.8 Å². The third-order valence-electron chi connectivity index (χ3n) is 3.64. The van der Waals surface area contributed by atoms with E-state index in [0.29, 0.717) is 11.9 Å². The number of thiazole rings is 1. The topological polar surface area (TPSA) is 55.0 Å². The number of anilines is 2. The van der Waals surface area contributed by atoms with Gasteiger partial charge < -0.3 is 10.6 Å². The van der Waals surface area contributed by atoms with Crippen molar-refractivity contribution in [2.24, 2.45) is 0 Å². The van der Waals surface area contributed by atoms with Gasteiger partial charge in [0.2, 0.25) is 0 Å². The molecular weight excluding hydrogens is 276 g/mol. The predicted molar refractivity (Wildman–Crippen MR) is 83.0 cm³/mol. The Balaban J connectivity index is 2.03. The molecule has 0 aliphatic carbocycles. The summed E-state index contributed by atoms with van der Waals surface area (Å²) < 4.78 is 4.35. The van der Waals surface area contributed by atoms with Crippen LogP contribution in [0.2, 0.25) is 0 Å². The van der Waals surface area contributed by atoms with E-state index >= 15 is 0 Å². The van der Waals surface area contributed by atoms with Crippen molar-refractivity contribution in [1.82, 2.24) is 9.36 Å². The maximum absolute atomic E-state index is 6.07. The van der Waals surface area contributed by atoms with Crippen molar-refractivity contribution in [2.45, 2.75) is 39.2 Å². The summed E-state index contributed by atoms with van der Waals surface area (Å²) in [5, 5.41) is 4.33. The fourth-order valence-electron chi connectivity index (χ4n) is 2.61. The van der Waals surface area contributed by atoms with Gasteiger partial charge in [-0.15, -0.1) is 11.3 Å². The molecule has 0 saturated carbocycles. The molecule has 2 aromatic heterocycles. The molecule has 1 atom stereocenters. The van der Waals surface area contributed by atoms with E-state index in [1.807, 2.05) is 6.92 Å². The zero-order valence-electron chi connectivity index (χ0n) is 11.2. The normalized spacial score (nSPS) is 19.9. The summed E-state index contributed by atoms with van der Waals surface area (Å²) in [5.41, 5.74) is 8.08. The number of piperidine rings is 1. The summed E-state index contributed by atoms with van der Waals surface area (Å²) in [6.07, 6.45) is 3.81. The number of hydrogen-bond acceptors (Lipinski definition) is 6. The van der Waals surface area contributed by atoms with Crippen LogP contribution in [-0.2, 0) is 0 Å². The molecule has 1 fully saturated rings. The zero-order chi connectivity index (χ0) is 13.4. The monoisotopic (exact) mass is 294 g/mol. The Kier molecular flexibility index (Phi) is 3.45. The molecule has 19 heavy (non-hydrogen) atoms. The number of nitrogen functional groups attached to an aromatic ring is 1. The van der Waals surface area contributed by atoms with Crippen LogP contribution in [0.1, 0.15) is 31.2 Å². The van der Waals surface area contributed by atoms with Crippen molar-refractivity contribution >= 4 is 33.7 Å². The molecule has 0 radical (unpaired) electrons. The quantitative estimate of drug-likeness (QED) is 0.920. The van der Waals surface area contributed by atoms with Gasteiger partial charge in [0.25, 0.3) is 0 Å². The van der Waals surface area contributed by atoms with Crippen LogP contribution in [0.15, 0.2) is 5.38 Å².